The summed E-state index contributed by atoms with van der Waals surface area (Å²) in [4.78, 5) is 4.18. The van der Waals surface area contributed by atoms with Crippen LogP contribution in [-0.2, 0) is 0 Å². The van der Waals surface area contributed by atoms with E-state index in [-0.39, 0.29) is 0 Å². The molecule has 1 aromatic heterocycles. The van der Waals surface area contributed by atoms with E-state index in [1.54, 1.807) is 0 Å². The number of hydrogen-bond donors (Lipinski definition) is 0. The molecule has 0 amide bonds. The van der Waals surface area contributed by atoms with Crippen molar-refractivity contribution in [2.45, 2.75) is 58.4 Å². The Hall–Kier alpha value is -0.920. The smallest absolute Gasteiger partial charge is 0.235 e. The Balaban J connectivity index is 2.50. The molecule has 1 unspecified atom stereocenters. The van der Waals surface area contributed by atoms with Crippen molar-refractivity contribution in [2.75, 3.05) is 0 Å². The maximum absolute atomic E-state index is 4.18. The molecular weight excluding hydrogens is 184 g/mol. The summed E-state index contributed by atoms with van der Waals surface area (Å²) in [5.74, 6) is 0. The highest BCUT2D eigenvalue weighted by molar-refractivity contribution is 4.70. The Morgan fingerprint density at radius 3 is 2.60 bits per heavy atom. The van der Waals surface area contributed by atoms with E-state index < -0.39 is 0 Å². The van der Waals surface area contributed by atoms with Crippen LogP contribution in [0.1, 0.15) is 58.4 Å². The number of hydrogen-bond acceptors (Lipinski definition) is 1. The first kappa shape index (κ1) is 12.2. The quantitative estimate of drug-likeness (QED) is 0.495. The lowest BCUT2D eigenvalue weighted by Crippen LogP contribution is -2.39. The van der Waals surface area contributed by atoms with E-state index in [0.717, 1.165) is 0 Å². The molecule has 0 N–H and O–H groups in total. The average Bonchev–Trinajstić information content (AvgIpc) is 2.29. The lowest BCUT2D eigenvalue weighted by molar-refractivity contribution is -0.727. The molecule has 0 saturated carbocycles. The van der Waals surface area contributed by atoms with Crippen LogP contribution in [0.3, 0.4) is 0 Å². The third-order valence-corrected chi connectivity index (χ3v) is 2.81. The first-order valence-electron chi connectivity index (χ1n) is 6.19. The fraction of sp³-hybridized carbons (Fsp3) is 0.692. The minimum Gasteiger partial charge on any atom is -0.235 e. The Labute approximate surface area is 93.4 Å². The Kier molecular flexibility index (Phi) is 5.98. The van der Waals surface area contributed by atoms with Crippen molar-refractivity contribution < 1.29 is 4.57 Å². The summed E-state index contributed by atoms with van der Waals surface area (Å²) >= 11 is 0. The molecule has 0 aliphatic carbocycles. The summed E-state index contributed by atoms with van der Waals surface area (Å²) in [5.41, 5.74) is 0. The normalized spacial score (nSPS) is 12.7. The van der Waals surface area contributed by atoms with Gasteiger partial charge in [0.25, 0.3) is 6.33 Å². The number of nitrogens with zero attached hydrogens (tertiary/aromatic N) is 2. The predicted octanol–water partition coefficient (Wildman–Crippen LogP) is 3.29. The van der Waals surface area contributed by atoms with Gasteiger partial charge in [-0.2, -0.15) is 0 Å². The second kappa shape index (κ2) is 7.38. The monoisotopic (exact) mass is 207 g/mol. The topological polar surface area (TPSA) is 16.8 Å². The molecule has 0 saturated heterocycles. The van der Waals surface area contributed by atoms with Crippen molar-refractivity contribution in [2.24, 2.45) is 0 Å². The van der Waals surface area contributed by atoms with Crippen molar-refractivity contribution >= 4 is 0 Å². The predicted molar refractivity (Wildman–Crippen MR) is 62.5 cm³/mol. The van der Waals surface area contributed by atoms with E-state index >= 15 is 0 Å². The van der Waals surface area contributed by atoms with Gasteiger partial charge in [0.2, 0.25) is 0 Å². The van der Waals surface area contributed by atoms with E-state index in [1.807, 2.05) is 18.6 Å². The molecule has 1 atom stereocenters. The molecule has 0 spiro atoms. The third kappa shape index (κ3) is 4.41. The minimum atomic E-state index is 0.648. The maximum atomic E-state index is 4.18. The van der Waals surface area contributed by atoms with Crippen LogP contribution in [0.5, 0.6) is 0 Å². The van der Waals surface area contributed by atoms with Crippen molar-refractivity contribution in [3.8, 4) is 0 Å². The van der Waals surface area contributed by atoms with Gasteiger partial charge in [-0.05, 0) is 19.3 Å². The average molecular weight is 207 g/mol. The van der Waals surface area contributed by atoms with Crippen LogP contribution in [-0.4, -0.2) is 4.98 Å². The largest absolute Gasteiger partial charge is 0.286 e. The zero-order valence-corrected chi connectivity index (χ0v) is 10.0. The van der Waals surface area contributed by atoms with Gasteiger partial charge in [-0.15, -0.1) is 0 Å². The van der Waals surface area contributed by atoms with E-state index in [2.05, 4.69) is 29.6 Å². The number of unbranched alkanes of at least 4 members (excludes halogenated alkanes) is 2. The minimum absolute atomic E-state index is 0.648. The van der Waals surface area contributed by atoms with Crippen molar-refractivity contribution in [3.05, 3.63) is 24.8 Å². The fourth-order valence-electron chi connectivity index (χ4n) is 1.96. The van der Waals surface area contributed by atoms with Crippen LogP contribution >= 0.6 is 0 Å². The number of aromatic nitrogens is 2. The molecule has 2 nitrogen and oxygen atoms in total. The molecule has 1 rings (SSSR count). The summed E-state index contributed by atoms with van der Waals surface area (Å²) in [6, 6.07) is 2.66. The molecule has 1 aromatic rings. The fourth-order valence-corrected chi connectivity index (χ4v) is 1.96. The van der Waals surface area contributed by atoms with Gasteiger partial charge in [0, 0.05) is 6.07 Å². The molecule has 0 aromatic carbocycles. The maximum Gasteiger partial charge on any atom is 0.286 e. The lowest BCUT2D eigenvalue weighted by Gasteiger charge is -2.13. The Morgan fingerprint density at radius 2 is 2.00 bits per heavy atom. The van der Waals surface area contributed by atoms with E-state index in [1.165, 1.54) is 38.5 Å². The molecule has 0 radical (unpaired) electrons. The second-order valence-corrected chi connectivity index (χ2v) is 4.14. The van der Waals surface area contributed by atoms with E-state index in [9.17, 15) is 0 Å². The van der Waals surface area contributed by atoms with Crippen molar-refractivity contribution in [1.82, 2.24) is 4.98 Å². The zero-order valence-electron chi connectivity index (χ0n) is 10.0. The van der Waals surface area contributed by atoms with Crippen LogP contribution in [0.2, 0.25) is 0 Å². The zero-order chi connectivity index (χ0) is 10.9. The van der Waals surface area contributed by atoms with Crippen LogP contribution < -0.4 is 4.57 Å². The first-order chi connectivity index (χ1) is 7.38. The van der Waals surface area contributed by atoms with Gasteiger partial charge in [-0.3, -0.25) is 0 Å². The summed E-state index contributed by atoms with van der Waals surface area (Å²) in [6.07, 6.45) is 13.7. The molecule has 1 heterocycles. The summed E-state index contributed by atoms with van der Waals surface area (Å²) < 4.78 is 2.26. The summed E-state index contributed by atoms with van der Waals surface area (Å²) in [5, 5.41) is 0. The van der Waals surface area contributed by atoms with Gasteiger partial charge in [0.15, 0.2) is 0 Å². The van der Waals surface area contributed by atoms with Gasteiger partial charge in [-0.25, -0.2) is 4.57 Å². The van der Waals surface area contributed by atoms with E-state index in [4.69, 9.17) is 0 Å². The molecule has 0 aliphatic rings. The van der Waals surface area contributed by atoms with Crippen LogP contribution in [0.4, 0.5) is 0 Å². The third-order valence-electron chi connectivity index (χ3n) is 2.81. The molecule has 15 heavy (non-hydrogen) atoms. The summed E-state index contributed by atoms with van der Waals surface area (Å²) in [6.45, 7) is 4.51. The van der Waals surface area contributed by atoms with Crippen LogP contribution in [0, 0.1) is 0 Å². The molecular formula is C13H23N2+. The van der Waals surface area contributed by atoms with Gasteiger partial charge in [0.1, 0.15) is 12.2 Å². The van der Waals surface area contributed by atoms with Gasteiger partial charge in [-0.1, -0.05) is 38.1 Å². The Morgan fingerprint density at radius 1 is 1.13 bits per heavy atom. The van der Waals surface area contributed by atoms with Crippen LogP contribution in [0.15, 0.2) is 24.8 Å². The van der Waals surface area contributed by atoms with Gasteiger partial charge in [0.05, 0.1) is 6.20 Å². The number of rotatable bonds is 7. The SMILES string of the molecule is CCCCCC(CCC)[n+]1cccnc1. The second-order valence-electron chi connectivity index (χ2n) is 4.14. The lowest BCUT2D eigenvalue weighted by atomic mass is 10.0. The standard InChI is InChI=1S/C13H23N2/c1-3-5-6-9-13(8-4-2)15-11-7-10-14-12-15/h7,10-13H,3-6,8-9H2,1-2H3/q+1. The highest BCUT2D eigenvalue weighted by Crippen LogP contribution is 2.14. The molecule has 0 bridgehead atoms. The van der Waals surface area contributed by atoms with Gasteiger partial charge < -0.3 is 0 Å². The molecule has 0 aliphatic heterocycles. The Bertz CT molecular complexity index is 246. The molecule has 0 fully saturated rings. The highest BCUT2D eigenvalue weighted by Gasteiger charge is 2.12. The first-order valence-corrected chi connectivity index (χ1v) is 6.19. The molecule has 2 heteroatoms. The van der Waals surface area contributed by atoms with Crippen LogP contribution in [0.25, 0.3) is 0 Å². The molecule has 84 valence electrons. The van der Waals surface area contributed by atoms with Crippen molar-refractivity contribution in [3.63, 3.8) is 0 Å². The van der Waals surface area contributed by atoms with Crippen molar-refractivity contribution in [1.29, 1.82) is 0 Å². The highest BCUT2D eigenvalue weighted by atomic mass is 15.0. The van der Waals surface area contributed by atoms with Gasteiger partial charge >= 0.3 is 0 Å². The van der Waals surface area contributed by atoms with E-state index in [0.29, 0.717) is 6.04 Å². The summed E-state index contributed by atoms with van der Waals surface area (Å²) in [7, 11) is 0.